The van der Waals surface area contributed by atoms with E-state index in [2.05, 4.69) is 23.1 Å². The lowest BCUT2D eigenvalue weighted by Gasteiger charge is -2.28. The van der Waals surface area contributed by atoms with Gasteiger partial charge in [0.25, 0.3) is 0 Å². The number of likely N-dealkylation sites (tertiary alicyclic amines) is 1. The molecule has 0 unspecified atom stereocenters. The standard InChI is InChI=1S/C31H44FNO4/c1-23-16-17-25(20-30(23)32)19-27-13-10-18-33(27)21-28(34)22-37-24(2)29-14-9-8-12-26(29)11-6-4-5-7-15-31(35)36-3/h8-9,12,14,16-17,20,24,27-28,34H,4-7,10-11,13,15,18-19,21-22H2,1-3H3/t24-,27+,28-/m1/s1. The van der Waals surface area contributed by atoms with Crippen LogP contribution in [0.5, 0.6) is 0 Å². The molecule has 5 nitrogen and oxygen atoms in total. The lowest BCUT2D eigenvalue weighted by molar-refractivity contribution is -0.140. The second kappa shape index (κ2) is 15.2. The first-order valence-electron chi connectivity index (χ1n) is 13.8. The summed E-state index contributed by atoms with van der Waals surface area (Å²) in [6, 6.07) is 14.2. The average Bonchev–Trinajstić information content (AvgIpc) is 3.32. The second-order valence-corrected chi connectivity index (χ2v) is 10.4. The third-order valence-corrected chi connectivity index (χ3v) is 7.49. The molecule has 1 aliphatic rings. The molecular weight excluding hydrogens is 469 g/mol. The van der Waals surface area contributed by atoms with Crippen LogP contribution in [0.2, 0.25) is 0 Å². The fourth-order valence-electron chi connectivity index (χ4n) is 5.27. The molecule has 204 valence electrons. The van der Waals surface area contributed by atoms with E-state index in [1.165, 1.54) is 18.2 Å². The summed E-state index contributed by atoms with van der Waals surface area (Å²) in [5.74, 6) is -0.288. The van der Waals surface area contributed by atoms with Crippen LogP contribution in [0.4, 0.5) is 4.39 Å². The fraction of sp³-hybridized carbons (Fsp3) is 0.581. The van der Waals surface area contributed by atoms with Crippen molar-refractivity contribution < 1.29 is 23.8 Å². The molecule has 2 aromatic rings. The minimum atomic E-state index is -0.570. The SMILES string of the molecule is COC(=O)CCCCCCc1ccccc1[C@@H](C)OC[C@H](O)CN1CCC[C@H]1Cc1ccc(C)c(F)c1. The number of hydrogen-bond acceptors (Lipinski definition) is 5. The van der Waals surface area contributed by atoms with Gasteiger partial charge < -0.3 is 14.6 Å². The van der Waals surface area contributed by atoms with Crippen molar-refractivity contribution in [1.29, 1.82) is 0 Å². The van der Waals surface area contributed by atoms with Crippen LogP contribution in [0.15, 0.2) is 42.5 Å². The highest BCUT2D eigenvalue weighted by Crippen LogP contribution is 2.25. The number of esters is 1. The molecule has 0 aromatic heterocycles. The molecule has 1 aliphatic heterocycles. The summed E-state index contributed by atoms with van der Waals surface area (Å²) in [4.78, 5) is 13.6. The number of methoxy groups -OCH3 is 1. The summed E-state index contributed by atoms with van der Waals surface area (Å²) in [7, 11) is 1.43. The van der Waals surface area contributed by atoms with E-state index in [0.29, 0.717) is 24.6 Å². The first-order valence-corrected chi connectivity index (χ1v) is 13.8. The summed E-state index contributed by atoms with van der Waals surface area (Å²) in [6.07, 6.45) is 7.78. The minimum absolute atomic E-state index is 0.102. The number of carbonyl (C=O) groups is 1. The number of benzene rings is 2. The zero-order chi connectivity index (χ0) is 26.6. The maximum absolute atomic E-state index is 14.0. The molecule has 3 atom stereocenters. The maximum Gasteiger partial charge on any atom is 0.305 e. The highest BCUT2D eigenvalue weighted by atomic mass is 19.1. The zero-order valence-corrected chi connectivity index (χ0v) is 22.8. The number of nitrogens with zero attached hydrogens (tertiary/aromatic N) is 1. The smallest absolute Gasteiger partial charge is 0.305 e. The number of rotatable bonds is 15. The number of aliphatic hydroxyl groups excluding tert-OH is 1. The summed E-state index contributed by atoms with van der Waals surface area (Å²) in [6.45, 7) is 5.64. The monoisotopic (exact) mass is 513 g/mol. The largest absolute Gasteiger partial charge is 0.469 e. The Kier molecular flexibility index (Phi) is 12.0. The van der Waals surface area contributed by atoms with Crippen LogP contribution in [0.3, 0.4) is 0 Å². The molecule has 37 heavy (non-hydrogen) atoms. The third kappa shape index (κ3) is 9.51. The molecule has 0 radical (unpaired) electrons. The van der Waals surface area contributed by atoms with E-state index in [1.54, 1.807) is 13.0 Å². The molecular formula is C31H44FNO4. The van der Waals surface area contributed by atoms with E-state index in [1.807, 2.05) is 25.1 Å². The number of hydrogen-bond donors (Lipinski definition) is 1. The molecule has 1 fully saturated rings. The molecule has 0 bridgehead atoms. The van der Waals surface area contributed by atoms with Crippen LogP contribution in [0, 0.1) is 12.7 Å². The van der Waals surface area contributed by atoms with Crippen molar-refractivity contribution in [2.45, 2.75) is 89.9 Å². The Bertz CT molecular complexity index is 981. The number of halogens is 1. The van der Waals surface area contributed by atoms with Gasteiger partial charge in [-0.15, -0.1) is 0 Å². The van der Waals surface area contributed by atoms with E-state index < -0.39 is 6.10 Å². The Labute approximate surface area is 222 Å². The van der Waals surface area contributed by atoms with E-state index in [9.17, 15) is 14.3 Å². The maximum atomic E-state index is 14.0. The van der Waals surface area contributed by atoms with Crippen molar-refractivity contribution in [1.82, 2.24) is 4.90 Å². The van der Waals surface area contributed by atoms with Crippen LogP contribution in [0.25, 0.3) is 0 Å². The normalized spacial score (nSPS) is 17.6. The molecule has 2 aromatic carbocycles. The predicted octanol–water partition coefficient (Wildman–Crippen LogP) is 5.95. The summed E-state index contributed by atoms with van der Waals surface area (Å²) >= 11 is 0. The first kappa shape index (κ1) is 29.3. The van der Waals surface area contributed by atoms with E-state index in [0.717, 1.165) is 63.5 Å². The molecule has 0 saturated carbocycles. The number of carbonyl (C=O) groups excluding carboxylic acids is 1. The Morgan fingerprint density at radius 2 is 1.95 bits per heavy atom. The molecule has 6 heteroatoms. The van der Waals surface area contributed by atoms with E-state index in [4.69, 9.17) is 9.47 Å². The predicted molar refractivity (Wildman–Crippen MR) is 145 cm³/mol. The summed E-state index contributed by atoms with van der Waals surface area (Å²) in [5, 5.41) is 10.8. The third-order valence-electron chi connectivity index (χ3n) is 7.49. The van der Waals surface area contributed by atoms with Crippen LogP contribution in [-0.2, 0) is 27.1 Å². The Hall–Kier alpha value is -2.28. The number of ether oxygens (including phenoxy) is 2. The van der Waals surface area contributed by atoms with Crippen molar-refractivity contribution in [3.63, 3.8) is 0 Å². The highest BCUT2D eigenvalue weighted by Gasteiger charge is 2.27. The van der Waals surface area contributed by atoms with Gasteiger partial charge in [0.1, 0.15) is 5.82 Å². The van der Waals surface area contributed by atoms with Crippen LogP contribution in [-0.4, -0.2) is 54.9 Å². The lowest BCUT2D eigenvalue weighted by Crippen LogP contribution is -2.39. The van der Waals surface area contributed by atoms with Gasteiger partial charge >= 0.3 is 5.97 Å². The Morgan fingerprint density at radius 1 is 1.16 bits per heavy atom. The first-order chi connectivity index (χ1) is 17.9. The number of aliphatic hydroxyl groups is 1. The van der Waals surface area contributed by atoms with Crippen LogP contribution < -0.4 is 0 Å². The second-order valence-electron chi connectivity index (χ2n) is 10.4. The fourth-order valence-corrected chi connectivity index (χ4v) is 5.27. The number of β-amino-alcohol motifs (C(OH)–C–C–N with tert-alkyl or cyclic N) is 1. The molecule has 1 heterocycles. The molecule has 0 amide bonds. The molecule has 0 aliphatic carbocycles. The highest BCUT2D eigenvalue weighted by molar-refractivity contribution is 5.68. The van der Waals surface area contributed by atoms with E-state index >= 15 is 0 Å². The van der Waals surface area contributed by atoms with Gasteiger partial charge in [-0.3, -0.25) is 9.69 Å². The number of aryl methyl sites for hydroxylation is 2. The van der Waals surface area contributed by atoms with Gasteiger partial charge in [-0.1, -0.05) is 49.2 Å². The van der Waals surface area contributed by atoms with Crippen LogP contribution >= 0.6 is 0 Å². The Balaban J connectivity index is 1.43. The van der Waals surface area contributed by atoms with Crippen molar-refractivity contribution in [2.75, 3.05) is 26.8 Å². The molecule has 3 rings (SSSR count). The van der Waals surface area contributed by atoms with Crippen LogP contribution in [0.1, 0.15) is 80.2 Å². The molecule has 1 N–H and O–H groups in total. The van der Waals surface area contributed by atoms with Gasteiger partial charge in [0.15, 0.2) is 0 Å². The van der Waals surface area contributed by atoms with Crippen molar-refractivity contribution in [3.05, 3.63) is 70.5 Å². The zero-order valence-electron chi connectivity index (χ0n) is 22.8. The van der Waals surface area contributed by atoms with Gasteiger partial charge in [0.2, 0.25) is 0 Å². The lowest BCUT2D eigenvalue weighted by atomic mass is 9.97. The Morgan fingerprint density at radius 3 is 2.73 bits per heavy atom. The minimum Gasteiger partial charge on any atom is -0.469 e. The van der Waals surface area contributed by atoms with Crippen molar-refractivity contribution >= 4 is 5.97 Å². The van der Waals surface area contributed by atoms with Crippen molar-refractivity contribution in [2.24, 2.45) is 0 Å². The van der Waals surface area contributed by atoms with Gasteiger partial charge in [-0.2, -0.15) is 0 Å². The molecule has 0 spiro atoms. The molecule has 1 saturated heterocycles. The van der Waals surface area contributed by atoms with Crippen molar-refractivity contribution in [3.8, 4) is 0 Å². The average molecular weight is 514 g/mol. The quantitative estimate of drug-likeness (QED) is 0.236. The van der Waals surface area contributed by atoms with E-state index in [-0.39, 0.29) is 24.5 Å². The van der Waals surface area contributed by atoms with Gasteiger partial charge in [-0.05, 0) is 87.2 Å². The topological polar surface area (TPSA) is 59.0 Å². The van der Waals surface area contributed by atoms with Gasteiger partial charge in [0.05, 0.1) is 25.9 Å². The van der Waals surface area contributed by atoms with Gasteiger partial charge in [-0.25, -0.2) is 4.39 Å². The summed E-state index contributed by atoms with van der Waals surface area (Å²) in [5.41, 5.74) is 4.14. The summed E-state index contributed by atoms with van der Waals surface area (Å²) < 4.78 is 24.8. The van der Waals surface area contributed by atoms with Gasteiger partial charge in [0, 0.05) is 19.0 Å². The number of unbranched alkanes of at least 4 members (excludes halogenated alkanes) is 3.